The van der Waals surface area contributed by atoms with E-state index in [0.29, 0.717) is 24.3 Å². The van der Waals surface area contributed by atoms with E-state index in [-0.39, 0.29) is 6.04 Å². The summed E-state index contributed by atoms with van der Waals surface area (Å²) >= 11 is 0. The van der Waals surface area contributed by atoms with Crippen molar-refractivity contribution >= 4 is 0 Å². The van der Waals surface area contributed by atoms with Gasteiger partial charge >= 0.3 is 0 Å². The molecule has 0 fully saturated rings. The van der Waals surface area contributed by atoms with Crippen molar-refractivity contribution in [1.29, 1.82) is 0 Å². The van der Waals surface area contributed by atoms with E-state index >= 15 is 0 Å². The monoisotopic (exact) mass is 279 g/mol. The van der Waals surface area contributed by atoms with Gasteiger partial charge in [-0.3, -0.25) is 4.90 Å². The normalized spacial score (nSPS) is 13.2. The highest BCUT2D eigenvalue weighted by Gasteiger charge is 2.21. The fourth-order valence-electron chi connectivity index (χ4n) is 2.47. The van der Waals surface area contributed by atoms with Crippen molar-refractivity contribution in [2.75, 3.05) is 26.7 Å². The predicted octanol–water partition coefficient (Wildman–Crippen LogP) is 2.70. The molecule has 0 aliphatic rings. The molecule has 1 atom stereocenters. The van der Waals surface area contributed by atoms with Crippen molar-refractivity contribution in [2.24, 2.45) is 17.6 Å². The number of nitrogens with two attached hydrogens (primary N) is 1. The molecule has 20 heavy (non-hydrogen) atoms. The second-order valence-corrected chi connectivity index (χ2v) is 6.13. The molecule has 0 aliphatic heterocycles. The topological polar surface area (TPSA) is 51.4 Å². The SMILES string of the molecule is COc1ccc(C(CN)N(CC(C)C)CC(C)C)cn1. The number of hydrogen-bond acceptors (Lipinski definition) is 4. The quantitative estimate of drug-likeness (QED) is 0.795. The first-order valence-electron chi connectivity index (χ1n) is 7.42. The second kappa shape index (κ2) is 8.22. The van der Waals surface area contributed by atoms with Gasteiger partial charge in [0.25, 0.3) is 0 Å². The first-order valence-corrected chi connectivity index (χ1v) is 7.42. The lowest BCUT2D eigenvalue weighted by Gasteiger charge is -2.33. The lowest BCUT2D eigenvalue weighted by molar-refractivity contribution is 0.160. The highest BCUT2D eigenvalue weighted by Crippen LogP contribution is 2.23. The summed E-state index contributed by atoms with van der Waals surface area (Å²) in [6, 6.07) is 4.19. The smallest absolute Gasteiger partial charge is 0.212 e. The summed E-state index contributed by atoms with van der Waals surface area (Å²) in [6.07, 6.45) is 1.88. The Kier molecular flexibility index (Phi) is 6.96. The molecular formula is C16H29N3O. The van der Waals surface area contributed by atoms with Crippen LogP contribution >= 0.6 is 0 Å². The fraction of sp³-hybridized carbons (Fsp3) is 0.688. The van der Waals surface area contributed by atoms with Crippen molar-refractivity contribution in [1.82, 2.24) is 9.88 Å². The van der Waals surface area contributed by atoms with Gasteiger partial charge in [-0.05, 0) is 17.4 Å². The van der Waals surface area contributed by atoms with Gasteiger partial charge in [0.15, 0.2) is 0 Å². The molecule has 0 aliphatic carbocycles. The van der Waals surface area contributed by atoms with Gasteiger partial charge < -0.3 is 10.5 Å². The van der Waals surface area contributed by atoms with Gasteiger partial charge in [0.2, 0.25) is 5.88 Å². The average Bonchev–Trinajstić information content (AvgIpc) is 2.39. The minimum atomic E-state index is 0.221. The van der Waals surface area contributed by atoms with E-state index in [1.807, 2.05) is 12.3 Å². The Morgan fingerprint density at radius 2 is 1.75 bits per heavy atom. The van der Waals surface area contributed by atoms with Crippen LogP contribution in [0.5, 0.6) is 5.88 Å². The Labute approximate surface area is 123 Å². The maximum atomic E-state index is 6.03. The summed E-state index contributed by atoms with van der Waals surface area (Å²) in [6.45, 7) is 11.7. The molecule has 1 heterocycles. The Morgan fingerprint density at radius 1 is 1.15 bits per heavy atom. The van der Waals surface area contributed by atoms with Crippen LogP contribution in [0.3, 0.4) is 0 Å². The van der Waals surface area contributed by atoms with Crippen LogP contribution in [0, 0.1) is 11.8 Å². The van der Waals surface area contributed by atoms with Crippen LogP contribution in [0.4, 0.5) is 0 Å². The van der Waals surface area contributed by atoms with Crippen LogP contribution in [0.1, 0.15) is 39.3 Å². The molecule has 4 heteroatoms. The van der Waals surface area contributed by atoms with Crippen LogP contribution in [0.15, 0.2) is 18.3 Å². The molecule has 0 spiro atoms. The fourth-order valence-corrected chi connectivity index (χ4v) is 2.47. The van der Waals surface area contributed by atoms with Crippen LogP contribution in [0.2, 0.25) is 0 Å². The number of nitrogens with zero attached hydrogens (tertiary/aromatic N) is 2. The number of hydrogen-bond donors (Lipinski definition) is 1. The lowest BCUT2D eigenvalue weighted by atomic mass is 10.0. The number of rotatable bonds is 8. The van der Waals surface area contributed by atoms with Crippen molar-refractivity contribution in [2.45, 2.75) is 33.7 Å². The van der Waals surface area contributed by atoms with E-state index < -0.39 is 0 Å². The van der Waals surface area contributed by atoms with Gasteiger partial charge in [0.1, 0.15) is 0 Å². The molecule has 1 unspecified atom stereocenters. The van der Waals surface area contributed by atoms with E-state index in [2.05, 4.69) is 43.6 Å². The number of pyridine rings is 1. The molecule has 2 N–H and O–H groups in total. The van der Waals surface area contributed by atoms with Crippen molar-refractivity contribution < 1.29 is 4.74 Å². The Bertz CT molecular complexity index is 366. The van der Waals surface area contributed by atoms with Crippen LogP contribution in [0.25, 0.3) is 0 Å². The summed E-state index contributed by atoms with van der Waals surface area (Å²) < 4.78 is 5.12. The Balaban J connectivity index is 2.91. The molecule has 1 aromatic heterocycles. The minimum absolute atomic E-state index is 0.221. The number of ether oxygens (including phenoxy) is 1. The molecule has 0 amide bonds. The van der Waals surface area contributed by atoms with Gasteiger partial charge in [0.05, 0.1) is 7.11 Å². The summed E-state index contributed by atoms with van der Waals surface area (Å²) in [7, 11) is 1.63. The summed E-state index contributed by atoms with van der Waals surface area (Å²) in [5.41, 5.74) is 7.19. The molecule has 0 radical (unpaired) electrons. The maximum absolute atomic E-state index is 6.03. The van der Waals surface area contributed by atoms with E-state index in [0.717, 1.165) is 18.7 Å². The average molecular weight is 279 g/mol. The van der Waals surface area contributed by atoms with E-state index in [4.69, 9.17) is 10.5 Å². The zero-order chi connectivity index (χ0) is 15.1. The van der Waals surface area contributed by atoms with E-state index in [9.17, 15) is 0 Å². The molecule has 114 valence electrons. The molecule has 4 nitrogen and oxygen atoms in total. The third kappa shape index (κ3) is 5.10. The van der Waals surface area contributed by atoms with Gasteiger partial charge in [-0.2, -0.15) is 0 Å². The Morgan fingerprint density at radius 3 is 2.10 bits per heavy atom. The highest BCUT2D eigenvalue weighted by atomic mass is 16.5. The number of aromatic nitrogens is 1. The zero-order valence-electron chi connectivity index (χ0n) is 13.5. The first-order chi connectivity index (χ1) is 9.47. The van der Waals surface area contributed by atoms with Gasteiger partial charge in [0, 0.05) is 37.9 Å². The molecule has 1 rings (SSSR count). The predicted molar refractivity (Wildman–Crippen MR) is 83.8 cm³/mol. The minimum Gasteiger partial charge on any atom is -0.481 e. The molecule has 0 bridgehead atoms. The third-order valence-corrected chi connectivity index (χ3v) is 3.22. The number of methoxy groups -OCH3 is 1. The molecule has 0 aromatic carbocycles. The molecule has 1 aromatic rings. The van der Waals surface area contributed by atoms with Gasteiger partial charge in [-0.15, -0.1) is 0 Å². The van der Waals surface area contributed by atoms with Crippen LogP contribution < -0.4 is 10.5 Å². The zero-order valence-corrected chi connectivity index (χ0v) is 13.5. The maximum Gasteiger partial charge on any atom is 0.212 e. The lowest BCUT2D eigenvalue weighted by Crippen LogP contribution is -2.38. The summed E-state index contributed by atoms with van der Waals surface area (Å²) in [5, 5.41) is 0. The van der Waals surface area contributed by atoms with Crippen LogP contribution in [-0.2, 0) is 0 Å². The highest BCUT2D eigenvalue weighted by molar-refractivity contribution is 5.21. The first kappa shape index (κ1) is 16.9. The second-order valence-electron chi connectivity index (χ2n) is 6.13. The largest absolute Gasteiger partial charge is 0.481 e. The van der Waals surface area contributed by atoms with Gasteiger partial charge in [-0.25, -0.2) is 4.98 Å². The third-order valence-electron chi connectivity index (χ3n) is 3.22. The summed E-state index contributed by atoms with van der Waals surface area (Å²) in [4.78, 5) is 6.77. The Hall–Kier alpha value is -1.13. The van der Waals surface area contributed by atoms with Gasteiger partial charge in [-0.1, -0.05) is 33.8 Å². The molecular weight excluding hydrogens is 250 g/mol. The van der Waals surface area contributed by atoms with Crippen molar-refractivity contribution in [3.63, 3.8) is 0 Å². The van der Waals surface area contributed by atoms with E-state index in [1.54, 1.807) is 7.11 Å². The van der Waals surface area contributed by atoms with E-state index in [1.165, 1.54) is 0 Å². The molecule has 0 saturated heterocycles. The summed E-state index contributed by atoms with van der Waals surface area (Å²) in [5.74, 6) is 1.88. The van der Waals surface area contributed by atoms with Crippen molar-refractivity contribution in [3.8, 4) is 5.88 Å². The van der Waals surface area contributed by atoms with Crippen LogP contribution in [-0.4, -0.2) is 36.6 Å². The standard InChI is InChI=1S/C16H29N3O/c1-12(2)10-19(11-13(3)4)15(8-17)14-6-7-16(20-5)18-9-14/h6-7,9,12-13,15H,8,10-11,17H2,1-5H3. The van der Waals surface area contributed by atoms with Crippen molar-refractivity contribution in [3.05, 3.63) is 23.9 Å². The molecule has 0 saturated carbocycles.